The molecule has 0 amide bonds. The first kappa shape index (κ1) is 10.5. The molecule has 78 valence electrons. The van der Waals surface area contributed by atoms with E-state index in [4.69, 9.17) is 5.26 Å². The van der Waals surface area contributed by atoms with Gasteiger partial charge in [-0.1, -0.05) is 6.07 Å². The molecule has 0 fully saturated rings. The number of carbonyl (C=O) groups is 1. The van der Waals surface area contributed by atoms with E-state index in [-0.39, 0.29) is 5.56 Å². The van der Waals surface area contributed by atoms with E-state index in [9.17, 15) is 9.18 Å². The van der Waals surface area contributed by atoms with Crippen LogP contribution in [0.3, 0.4) is 0 Å². The monoisotopic (exact) mass is 231 g/mol. The minimum Gasteiger partial charge on any atom is -0.297 e. The molecule has 0 saturated carbocycles. The van der Waals surface area contributed by atoms with Gasteiger partial charge in [0.1, 0.15) is 11.9 Å². The molecule has 1 aromatic heterocycles. The molecule has 0 aliphatic carbocycles. The molecular weight excluding hydrogens is 225 g/mol. The second-order valence-electron chi connectivity index (χ2n) is 3.16. The molecule has 0 atom stereocenters. The molecule has 2 aromatic rings. The third-order valence-corrected chi connectivity index (χ3v) is 3.02. The Kier molecular flexibility index (Phi) is 2.80. The van der Waals surface area contributed by atoms with Crippen molar-refractivity contribution in [1.29, 1.82) is 5.26 Å². The molecule has 1 aromatic carbocycles. The summed E-state index contributed by atoms with van der Waals surface area (Å²) in [4.78, 5) is 11.1. The Morgan fingerprint density at radius 3 is 2.69 bits per heavy atom. The Bertz CT molecular complexity index is 583. The van der Waals surface area contributed by atoms with E-state index in [0.29, 0.717) is 10.4 Å². The maximum atomic E-state index is 13.3. The summed E-state index contributed by atoms with van der Waals surface area (Å²) in [5.74, 6) is -0.543. The van der Waals surface area contributed by atoms with Crippen molar-refractivity contribution in [1.82, 2.24) is 0 Å². The van der Waals surface area contributed by atoms with Gasteiger partial charge in [0.05, 0.1) is 10.4 Å². The molecule has 4 heteroatoms. The highest BCUT2D eigenvalue weighted by molar-refractivity contribution is 7.12. The summed E-state index contributed by atoms with van der Waals surface area (Å²) in [6.45, 7) is 0. The molecule has 2 nitrogen and oxygen atoms in total. The Labute approximate surface area is 95.6 Å². The molecule has 0 aliphatic rings. The lowest BCUT2D eigenvalue weighted by Gasteiger charge is -1.98. The number of hydrogen-bond donors (Lipinski definition) is 0. The van der Waals surface area contributed by atoms with Gasteiger partial charge < -0.3 is 0 Å². The first-order chi connectivity index (χ1) is 7.74. The molecule has 0 N–H and O–H groups in total. The molecule has 0 unspecified atom stereocenters. The van der Waals surface area contributed by atoms with E-state index in [1.54, 1.807) is 23.6 Å². The first-order valence-corrected chi connectivity index (χ1v) is 5.36. The highest BCUT2D eigenvalue weighted by atomic mass is 32.1. The van der Waals surface area contributed by atoms with Crippen LogP contribution in [0.1, 0.15) is 15.2 Å². The van der Waals surface area contributed by atoms with Crippen molar-refractivity contribution < 1.29 is 9.18 Å². The molecule has 2 rings (SSSR count). The summed E-state index contributed by atoms with van der Waals surface area (Å²) in [5.41, 5.74) is 1.48. The standard InChI is InChI=1S/C12H6FNOS/c13-12-4-8(1-2-9(12)5-14)10-3-11(6-15)16-7-10/h1-4,6-7H. The molecule has 0 radical (unpaired) electrons. The number of carbonyl (C=O) groups excluding carboxylic acids is 1. The van der Waals surface area contributed by atoms with Crippen LogP contribution in [0.4, 0.5) is 4.39 Å². The van der Waals surface area contributed by atoms with Gasteiger partial charge in [-0.15, -0.1) is 11.3 Å². The zero-order valence-electron chi connectivity index (χ0n) is 8.11. The van der Waals surface area contributed by atoms with Crippen LogP contribution in [0.2, 0.25) is 0 Å². The summed E-state index contributed by atoms with van der Waals surface area (Å²) in [7, 11) is 0. The van der Waals surface area contributed by atoms with Crippen molar-refractivity contribution in [3.8, 4) is 17.2 Å². The molecule has 1 heterocycles. The van der Waals surface area contributed by atoms with Gasteiger partial charge in [0.25, 0.3) is 0 Å². The SMILES string of the molecule is N#Cc1ccc(-c2csc(C=O)c2)cc1F. The second-order valence-corrected chi connectivity index (χ2v) is 4.10. The van der Waals surface area contributed by atoms with Crippen LogP contribution in [0.5, 0.6) is 0 Å². The number of benzene rings is 1. The number of aldehydes is 1. The highest BCUT2D eigenvalue weighted by Gasteiger charge is 2.06. The van der Waals surface area contributed by atoms with Gasteiger partial charge in [-0.3, -0.25) is 4.79 Å². The van der Waals surface area contributed by atoms with E-state index in [0.717, 1.165) is 11.8 Å². The smallest absolute Gasteiger partial charge is 0.160 e. The van der Waals surface area contributed by atoms with Gasteiger partial charge in [-0.05, 0) is 34.7 Å². The maximum Gasteiger partial charge on any atom is 0.160 e. The number of thiophene rings is 1. The van der Waals surface area contributed by atoms with Gasteiger partial charge in [0, 0.05) is 0 Å². The quantitative estimate of drug-likeness (QED) is 0.744. The zero-order valence-corrected chi connectivity index (χ0v) is 8.92. The van der Waals surface area contributed by atoms with Crippen molar-refractivity contribution in [2.24, 2.45) is 0 Å². The van der Waals surface area contributed by atoms with Crippen molar-refractivity contribution >= 4 is 17.6 Å². The lowest BCUT2D eigenvalue weighted by atomic mass is 10.1. The fourth-order valence-electron chi connectivity index (χ4n) is 1.35. The lowest BCUT2D eigenvalue weighted by Crippen LogP contribution is -1.84. The third kappa shape index (κ3) is 1.86. The summed E-state index contributed by atoms with van der Waals surface area (Å²) in [6, 6.07) is 7.85. The normalized spacial score (nSPS) is 9.75. The van der Waals surface area contributed by atoms with Crippen LogP contribution in [0, 0.1) is 17.1 Å². The Morgan fingerprint density at radius 2 is 2.12 bits per heavy atom. The fraction of sp³-hybridized carbons (Fsp3) is 0. The average molecular weight is 231 g/mol. The molecule has 0 spiro atoms. The number of nitrogens with zero attached hydrogens (tertiary/aromatic N) is 1. The summed E-state index contributed by atoms with van der Waals surface area (Å²) in [6.07, 6.45) is 0.758. The van der Waals surface area contributed by atoms with Gasteiger partial charge in [0.2, 0.25) is 0 Å². The molecular formula is C12H6FNOS. The number of halogens is 1. The Morgan fingerprint density at radius 1 is 1.31 bits per heavy atom. The van der Waals surface area contributed by atoms with Crippen molar-refractivity contribution in [3.05, 3.63) is 45.9 Å². The minimum atomic E-state index is -0.543. The van der Waals surface area contributed by atoms with Crippen LogP contribution >= 0.6 is 11.3 Å². The minimum absolute atomic E-state index is 0.0228. The number of hydrogen-bond acceptors (Lipinski definition) is 3. The molecule has 0 aliphatic heterocycles. The van der Waals surface area contributed by atoms with Crippen LogP contribution in [-0.4, -0.2) is 6.29 Å². The van der Waals surface area contributed by atoms with Gasteiger partial charge in [0.15, 0.2) is 6.29 Å². The molecule has 16 heavy (non-hydrogen) atoms. The summed E-state index contributed by atoms with van der Waals surface area (Å²) in [5, 5.41) is 10.4. The highest BCUT2D eigenvalue weighted by Crippen LogP contribution is 2.26. The van der Waals surface area contributed by atoms with Crippen molar-refractivity contribution in [2.45, 2.75) is 0 Å². The van der Waals surface area contributed by atoms with Crippen LogP contribution in [-0.2, 0) is 0 Å². The van der Waals surface area contributed by atoms with E-state index in [1.165, 1.54) is 23.5 Å². The number of rotatable bonds is 2. The van der Waals surface area contributed by atoms with Gasteiger partial charge in [-0.25, -0.2) is 4.39 Å². The lowest BCUT2D eigenvalue weighted by molar-refractivity contribution is 0.112. The van der Waals surface area contributed by atoms with Crippen molar-refractivity contribution in [2.75, 3.05) is 0 Å². The van der Waals surface area contributed by atoms with Crippen LogP contribution in [0.25, 0.3) is 11.1 Å². The van der Waals surface area contributed by atoms with E-state index in [2.05, 4.69) is 0 Å². The number of nitriles is 1. The molecule has 0 bridgehead atoms. The predicted molar refractivity (Wildman–Crippen MR) is 59.8 cm³/mol. The van der Waals surface area contributed by atoms with Crippen LogP contribution < -0.4 is 0 Å². The fourth-order valence-corrected chi connectivity index (χ4v) is 2.07. The largest absolute Gasteiger partial charge is 0.297 e. The predicted octanol–water partition coefficient (Wildman–Crippen LogP) is 3.24. The topological polar surface area (TPSA) is 40.9 Å². The average Bonchev–Trinajstić information content (AvgIpc) is 2.77. The van der Waals surface area contributed by atoms with Gasteiger partial charge >= 0.3 is 0 Å². The molecule has 0 saturated heterocycles. The third-order valence-electron chi connectivity index (χ3n) is 2.16. The van der Waals surface area contributed by atoms with E-state index in [1.807, 2.05) is 0 Å². The Hall–Kier alpha value is -1.99. The van der Waals surface area contributed by atoms with Crippen LogP contribution in [0.15, 0.2) is 29.6 Å². The van der Waals surface area contributed by atoms with Gasteiger partial charge in [-0.2, -0.15) is 5.26 Å². The second kappa shape index (κ2) is 4.25. The maximum absolute atomic E-state index is 13.3. The van der Waals surface area contributed by atoms with Crippen molar-refractivity contribution in [3.63, 3.8) is 0 Å². The van der Waals surface area contributed by atoms with E-state index < -0.39 is 5.82 Å². The van der Waals surface area contributed by atoms with E-state index >= 15 is 0 Å². The summed E-state index contributed by atoms with van der Waals surface area (Å²) >= 11 is 1.30. The zero-order chi connectivity index (χ0) is 11.5. The Balaban J connectivity index is 2.45. The summed E-state index contributed by atoms with van der Waals surface area (Å²) < 4.78 is 13.3. The first-order valence-electron chi connectivity index (χ1n) is 4.48.